The summed E-state index contributed by atoms with van der Waals surface area (Å²) in [5.41, 5.74) is 0.672. The maximum absolute atomic E-state index is 12.3. The molecule has 20 heavy (non-hydrogen) atoms. The van der Waals surface area contributed by atoms with Crippen molar-refractivity contribution in [2.24, 2.45) is 0 Å². The van der Waals surface area contributed by atoms with E-state index in [1.165, 1.54) is 0 Å². The predicted octanol–water partition coefficient (Wildman–Crippen LogP) is 1.73. The molecule has 5 heteroatoms. The highest BCUT2D eigenvalue weighted by Gasteiger charge is 2.20. The topological polar surface area (TPSA) is 61.8 Å². The number of ether oxygens (including phenoxy) is 1. The van der Waals surface area contributed by atoms with Gasteiger partial charge < -0.3 is 15.2 Å². The number of carbonyl (C=O) groups excluding carboxylic acids is 1. The maximum Gasteiger partial charge on any atom is 0.241 e. The van der Waals surface area contributed by atoms with Crippen LogP contribution in [-0.4, -0.2) is 48.3 Å². The minimum atomic E-state index is -0.304. The molecule has 0 spiro atoms. The Kier molecular flexibility index (Phi) is 7.04. The van der Waals surface area contributed by atoms with Gasteiger partial charge in [-0.15, -0.1) is 0 Å². The second-order valence-corrected chi connectivity index (χ2v) is 4.45. The summed E-state index contributed by atoms with van der Waals surface area (Å²) in [5, 5.41) is 11.9. The van der Waals surface area contributed by atoms with Crippen molar-refractivity contribution in [1.29, 1.82) is 0 Å². The average Bonchev–Trinajstić information content (AvgIpc) is 2.46. The van der Waals surface area contributed by atoms with E-state index in [1.54, 1.807) is 0 Å². The van der Waals surface area contributed by atoms with E-state index in [0.717, 1.165) is 0 Å². The van der Waals surface area contributed by atoms with E-state index in [2.05, 4.69) is 5.32 Å². The fraction of sp³-hybridized carbons (Fsp3) is 0.533. The molecule has 1 amide bonds. The molecule has 0 saturated heterocycles. The molecule has 0 aliphatic carbocycles. The Morgan fingerprint density at radius 1 is 1.40 bits per heavy atom. The van der Waals surface area contributed by atoms with Gasteiger partial charge in [0, 0.05) is 6.54 Å². The van der Waals surface area contributed by atoms with Crippen LogP contribution in [0.25, 0.3) is 0 Å². The molecule has 5 nitrogen and oxygen atoms in total. The molecule has 112 valence electrons. The number of carbonyl (C=O) groups is 1. The van der Waals surface area contributed by atoms with E-state index in [-0.39, 0.29) is 18.6 Å². The summed E-state index contributed by atoms with van der Waals surface area (Å²) in [6, 6.07) is 7.07. The highest BCUT2D eigenvalue weighted by molar-refractivity contribution is 5.95. The van der Waals surface area contributed by atoms with E-state index in [0.29, 0.717) is 31.1 Å². The summed E-state index contributed by atoms with van der Waals surface area (Å²) in [7, 11) is 0. The minimum Gasteiger partial charge on any atom is -0.492 e. The molecule has 2 N–H and O–H groups in total. The van der Waals surface area contributed by atoms with Crippen LogP contribution in [0.3, 0.4) is 0 Å². The zero-order chi connectivity index (χ0) is 15.0. The van der Waals surface area contributed by atoms with Crippen LogP contribution in [0.4, 0.5) is 5.69 Å². The number of para-hydroxylation sites is 2. The number of hydrogen-bond donors (Lipinski definition) is 2. The zero-order valence-electron chi connectivity index (χ0n) is 12.4. The van der Waals surface area contributed by atoms with Crippen LogP contribution in [0, 0.1) is 0 Å². The molecule has 0 heterocycles. The van der Waals surface area contributed by atoms with Gasteiger partial charge in [0.1, 0.15) is 5.75 Å². The van der Waals surface area contributed by atoms with Gasteiger partial charge in [0.15, 0.2) is 0 Å². The van der Waals surface area contributed by atoms with Gasteiger partial charge in [-0.3, -0.25) is 9.69 Å². The zero-order valence-corrected chi connectivity index (χ0v) is 12.4. The lowest BCUT2D eigenvalue weighted by molar-refractivity contribution is -0.120. The van der Waals surface area contributed by atoms with Crippen molar-refractivity contribution in [1.82, 2.24) is 4.90 Å². The minimum absolute atomic E-state index is 0.0427. The van der Waals surface area contributed by atoms with Gasteiger partial charge in [-0.2, -0.15) is 0 Å². The highest BCUT2D eigenvalue weighted by Crippen LogP contribution is 2.24. The van der Waals surface area contributed by atoms with Gasteiger partial charge >= 0.3 is 0 Å². The smallest absolute Gasteiger partial charge is 0.241 e. The molecule has 1 atom stereocenters. The van der Waals surface area contributed by atoms with Gasteiger partial charge in [0.05, 0.1) is 24.9 Å². The van der Waals surface area contributed by atoms with Crippen molar-refractivity contribution in [2.45, 2.75) is 26.8 Å². The lowest BCUT2D eigenvalue weighted by Gasteiger charge is -2.26. The highest BCUT2D eigenvalue weighted by atomic mass is 16.5. The Morgan fingerprint density at radius 2 is 2.10 bits per heavy atom. The fourth-order valence-electron chi connectivity index (χ4n) is 2.01. The molecule has 1 rings (SSSR count). The predicted molar refractivity (Wildman–Crippen MR) is 80.0 cm³/mol. The molecular formula is C15H24N2O3. The molecule has 0 aliphatic rings. The van der Waals surface area contributed by atoms with Crippen molar-refractivity contribution in [3.05, 3.63) is 24.3 Å². The first-order chi connectivity index (χ1) is 9.63. The molecule has 0 aliphatic heterocycles. The number of aliphatic hydroxyl groups is 1. The van der Waals surface area contributed by atoms with Gasteiger partial charge in [-0.05, 0) is 32.5 Å². The largest absolute Gasteiger partial charge is 0.492 e. The Bertz CT molecular complexity index is 423. The lowest BCUT2D eigenvalue weighted by atomic mass is 10.2. The number of nitrogens with one attached hydrogen (secondary N) is 1. The first-order valence-electron chi connectivity index (χ1n) is 7.01. The van der Waals surface area contributed by atoms with Crippen molar-refractivity contribution < 1.29 is 14.6 Å². The van der Waals surface area contributed by atoms with Crippen LogP contribution in [0.15, 0.2) is 24.3 Å². The summed E-state index contributed by atoms with van der Waals surface area (Å²) in [4.78, 5) is 14.2. The first-order valence-corrected chi connectivity index (χ1v) is 7.01. The Morgan fingerprint density at radius 3 is 2.70 bits per heavy atom. The molecule has 0 fully saturated rings. The SMILES string of the molecule is CCOc1ccccc1NC(=O)C(C)N(CC)CCO. The number of likely N-dealkylation sites (N-methyl/N-ethyl adjacent to an activating group) is 1. The Balaban J connectivity index is 2.74. The third-order valence-electron chi connectivity index (χ3n) is 3.17. The summed E-state index contributed by atoms with van der Waals surface area (Å²) >= 11 is 0. The van der Waals surface area contributed by atoms with Gasteiger partial charge in [-0.25, -0.2) is 0 Å². The molecular weight excluding hydrogens is 256 g/mol. The summed E-state index contributed by atoms with van der Waals surface area (Å²) in [6.07, 6.45) is 0. The molecule has 1 aromatic carbocycles. The molecule has 0 aromatic heterocycles. The molecule has 0 bridgehead atoms. The van der Waals surface area contributed by atoms with E-state index in [1.807, 2.05) is 49.9 Å². The molecule has 0 saturated carbocycles. The van der Waals surface area contributed by atoms with Crippen molar-refractivity contribution in [3.8, 4) is 5.75 Å². The molecule has 0 radical (unpaired) electrons. The average molecular weight is 280 g/mol. The van der Waals surface area contributed by atoms with Crippen LogP contribution in [-0.2, 0) is 4.79 Å². The third kappa shape index (κ3) is 4.51. The summed E-state index contributed by atoms with van der Waals surface area (Å²) in [6.45, 7) is 7.49. The number of benzene rings is 1. The number of nitrogens with zero attached hydrogens (tertiary/aromatic N) is 1. The van der Waals surface area contributed by atoms with E-state index >= 15 is 0 Å². The van der Waals surface area contributed by atoms with Crippen LogP contribution in [0.5, 0.6) is 5.75 Å². The standard InChI is InChI=1S/C15H24N2O3/c1-4-17(10-11-18)12(3)15(19)16-13-8-6-7-9-14(13)20-5-2/h6-9,12,18H,4-5,10-11H2,1-3H3,(H,16,19). The fourth-order valence-corrected chi connectivity index (χ4v) is 2.01. The Hall–Kier alpha value is -1.59. The number of hydrogen-bond acceptors (Lipinski definition) is 4. The van der Waals surface area contributed by atoms with Crippen LogP contribution in [0.1, 0.15) is 20.8 Å². The van der Waals surface area contributed by atoms with Crippen LogP contribution >= 0.6 is 0 Å². The normalized spacial score (nSPS) is 12.2. The second-order valence-electron chi connectivity index (χ2n) is 4.45. The second kappa shape index (κ2) is 8.55. The number of rotatable bonds is 8. The van der Waals surface area contributed by atoms with Crippen molar-refractivity contribution >= 4 is 11.6 Å². The lowest BCUT2D eigenvalue weighted by Crippen LogP contribution is -2.43. The maximum atomic E-state index is 12.3. The van der Waals surface area contributed by atoms with Crippen LogP contribution in [0.2, 0.25) is 0 Å². The van der Waals surface area contributed by atoms with Crippen LogP contribution < -0.4 is 10.1 Å². The first kappa shape index (κ1) is 16.5. The number of anilines is 1. The van der Waals surface area contributed by atoms with Gasteiger partial charge in [0.2, 0.25) is 5.91 Å². The number of amides is 1. The van der Waals surface area contributed by atoms with Gasteiger partial charge in [-0.1, -0.05) is 19.1 Å². The van der Waals surface area contributed by atoms with E-state index in [4.69, 9.17) is 9.84 Å². The monoisotopic (exact) mass is 280 g/mol. The van der Waals surface area contributed by atoms with Gasteiger partial charge in [0.25, 0.3) is 0 Å². The summed E-state index contributed by atoms with van der Waals surface area (Å²) < 4.78 is 5.48. The summed E-state index contributed by atoms with van der Waals surface area (Å²) in [5.74, 6) is 0.563. The van der Waals surface area contributed by atoms with Crippen molar-refractivity contribution in [3.63, 3.8) is 0 Å². The molecule has 1 unspecified atom stereocenters. The Labute approximate surface area is 120 Å². The number of aliphatic hydroxyl groups excluding tert-OH is 1. The third-order valence-corrected chi connectivity index (χ3v) is 3.17. The van der Waals surface area contributed by atoms with E-state index < -0.39 is 0 Å². The van der Waals surface area contributed by atoms with E-state index in [9.17, 15) is 4.79 Å². The van der Waals surface area contributed by atoms with Crippen molar-refractivity contribution in [2.75, 3.05) is 31.6 Å². The quantitative estimate of drug-likeness (QED) is 0.761. The molecule has 1 aromatic rings.